The Morgan fingerprint density at radius 2 is 1.57 bits per heavy atom. The van der Waals surface area contributed by atoms with E-state index in [0.717, 1.165) is 24.8 Å². The largest absolute Gasteiger partial charge is 0.426 e. The fourth-order valence-electron chi connectivity index (χ4n) is 6.39. The van der Waals surface area contributed by atoms with E-state index < -0.39 is 11.9 Å². The zero-order valence-corrected chi connectivity index (χ0v) is 20.0. The number of halogens is 1. The minimum absolute atomic E-state index is 0.0598. The van der Waals surface area contributed by atoms with Crippen LogP contribution in [0.1, 0.15) is 31.2 Å². The van der Waals surface area contributed by atoms with Crippen LogP contribution < -0.4 is 14.5 Å². The van der Waals surface area contributed by atoms with Crippen molar-refractivity contribution in [3.8, 4) is 5.75 Å². The van der Waals surface area contributed by atoms with Crippen molar-refractivity contribution in [3.05, 3.63) is 53.1 Å². The van der Waals surface area contributed by atoms with Gasteiger partial charge in [-0.05, 0) is 80.0 Å². The Labute approximate surface area is 208 Å². The Morgan fingerprint density at radius 1 is 0.943 bits per heavy atom. The summed E-state index contributed by atoms with van der Waals surface area (Å²) in [6.45, 7) is 2.10. The predicted octanol–water partition coefficient (Wildman–Crippen LogP) is 4.14. The number of fused-ring (bicyclic) bond motifs is 5. The zero-order valence-electron chi connectivity index (χ0n) is 19.3. The number of anilines is 2. The molecule has 2 heterocycles. The lowest BCUT2D eigenvalue weighted by Crippen LogP contribution is -2.32. The summed E-state index contributed by atoms with van der Waals surface area (Å²) in [7, 11) is 0. The minimum atomic E-state index is -0.598. The third-order valence-corrected chi connectivity index (χ3v) is 8.57. The van der Waals surface area contributed by atoms with Gasteiger partial charge in [-0.25, -0.2) is 0 Å². The molecule has 4 aliphatic rings. The lowest BCUT2D eigenvalue weighted by molar-refractivity contribution is -0.139. The molecule has 35 heavy (non-hydrogen) atoms. The van der Waals surface area contributed by atoms with Crippen LogP contribution in [0.2, 0.25) is 5.02 Å². The molecule has 2 aromatic carbocycles. The van der Waals surface area contributed by atoms with Crippen LogP contribution in [0.5, 0.6) is 5.75 Å². The van der Waals surface area contributed by atoms with Crippen LogP contribution in [0.15, 0.2) is 42.5 Å². The fourth-order valence-corrected chi connectivity index (χ4v) is 6.57. The van der Waals surface area contributed by atoms with Crippen molar-refractivity contribution < 1.29 is 23.9 Å². The summed E-state index contributed by atoms with van der Waals surface area (Å²) >= 11 is 6.19. The molecule has 0 aromatic heterocycles. The summed E-state index contributed by atoms with van der Waals surface area (Å²) in [4.78, 5) is 54.2. The van der Waals surface area contributed by atoms with E-state index in [1.165, 1.54) is 4.90 Å². The van der Waals surface area contributed by atoms with E-state index in [1.54, 1.807) is 35.2 Å². The lowest BCUT2D eigenvalue weighted by atomic mass is 9.81. The van der Waals surface area contributed by atoms with Crippen LogP contribution in [0.3, 0.4) is 0 Å². The van der Waals surface area contributed by atoms with Gasteiger partial charge in [-0.3, -0.25) is 24.1 Å². The second-order valence-electron chi connectivity index (χ2n) is 10.2. The molecule has 5 atom stereocenters. The number of esters is 1. The van der Waals surface area contributed by atoms with E-state index in [0.29, 0.717) is 34.0 Å². The standard InChI is InChI=1S/C27H25ClN2O5/c1-14-2-5-19(12-21(14)28)29-13-17(11-22(29)31)27(34)35-20-8-6-18(7-9-20)30-25(32)23-15-3-4-16(10-15)24(23)26(30)33/h2,5-9,12,15-17,23-24H,3-4,10-11,13H2,1H3/t15-,16-,17+,23-,24+/m0/s1. The molecular weight excluding hydrogens is 468 g/mol. The van der Waals surface area contributed by atoms with Crippen molar-refractivity contribution in [2.75, 3.05) is 16.3 Å². The van der Waals surface area contributed by atoms with E-state index >= 15 is 0 Å². The van der Waals surface area contributed by atoms with Crippen LogP contribution in [0.25, 0.3) is 0 Å². The Balaban J connectivity index is 1.12. The molecule has 0 spiro atoms. The monoisotopic (exact) mass is 492 g/mol. The summed E-state index contributed by atoms with van der Waals surface area (Å²) < 4.78 is 5.53. The maximum Gasteiger partial charge on any atom is 0.316 e. The molecule has 0 unspecified atom stereocenters. The number of rotatable bonds is 4. The molecule has 2 aliphatic heterocycles. The molecule has 4 fully saturated rings. The maximum atomic E-state index is 13.0. The number of hydrogen-bond donors (Lipinski definition) is 0. The first-order valence-electron chi connectivity index (χ1n) is 12.1. The second-order valence-corrected chi connectivity index (χ2v) is 10.6. The quantitative estimate of drug-likeness (QED) is 0.364. The van der Waals surface area contributed by atoms with Crippen LogP contribution >= 0.6 is 11.6 Å². The number of aryl methyl sites for hydroxylation is 1. The lowest BCUT2D eigenvalue weighted by Gasteiger charge is -2.19. The fraction of sp³-hybridized carbons (Fsp3) is 0.407. The van der Waals surface area contributed by atoms with Gasteiger partial charge in [0.2, 0.25) is 17.7 Å². The highest BCUT2D eigenvalue weighted by molar-refractivity contribution is 6.31. The van der Waals surface area contributed by atoms with Gasteiger partial charge in [0, 0.05) is 23.7 Å². The van der Waals surface area contributed by atoms with Crippen molar-refractivity contribution in [2.24, 2.45) is 29.6 Å². The molecule has 0 N–H and O–H groups in total. The molecule has 2 aromatic rings. The molecule has 180 valence electrons. The summed E-state index contributed by atoms with van der Waals surface area (Å²) in [5.74, 6) is -0.835. The van der Waals surface area contributed by atoms with Crippen LogP contribution in [0.4, 0.5) is 11.4 Å². The first-order valence-corrected chi connectivity index (χ1v) is 12.5. The molecule has 8 heteroatoms. The molecule has 7 nitrogen and oxygen atoms in total. The number of hydrogen-bond acceptors (Lipinski definition) is 5. The third kappa shape index (κ3) is 3.56. The molecule has 2 saturated heterocycles. The topological polar surface area (TPSA) is 84.0 Å². The molecule has 2 aliphatic carbocycles. The van der Waals surface area contributed by atoms with Gasteiger partial charge in [-0.1, -0.05) is 17.7 Å². The Bertz CT molecular complexity index is 1230. The SMILES string of the molecule is Cc1ccc(N2C[C@H](C(=O)Oc3ccc(N4C(=O)[C@@H]5[C@H]6CC[C@@H](C6)[C@@H]5C4=O)cc3)CC2=O)cc1Cl. The minimum Gasteiger partial charge on any atom is -0.426 e. The normalized spacial score (nSPS) is 29.3. The van der Waals surface area contributed by atoms with E-state index in [-0.39, 0.29) is 42.5 Å². The Hall–Kier alpha value is -3.19. The van der Waals surface area contributed by atoms with E-state index in [9.17, 15) is 19.2 Å². The summed E-state index contributed by atoms with van der Waals surface area (Å²) in [5, 5.41) is 0.563. The van der Waals surface area contributed by atoms with Gasteiger partial charge in [0.05, 0.1) is 23.4 Å². The first kappa shape index (κ1) is 22.3. The van der Waals surface area contributed by atoms with Gasteiger partial charge >= 0.3 is 5.97 Å². The first-order chi connectivity index (χ1) is 16.8. The van der Waals surface area contributed by atoms with Crippen molar-refractivity contribution in [2.45, 2.75) is 32.6 Å². The number of amides is 3. The summed E-state index contributed by atoms with van der Waals surface area (Å²) in [6.07, 6.45) is 3.12. The van der Waals surface area contributed by atoms with Gasteiger partial charge in [-0.15, -0.1) is 0 Å². The number of carbonyl (C=O) groups excluding carboxylic acids is 4. The van der Waals surface area contributed by atoms with E-state index in [4.69, 9.17) is 16.3 Å². The number of carbonyl (C=O) groups is 4. The highest BCUT2D eigenvalue weighted by Gasteiger charge is 2.61. The van der Waals surface area contributed by atoms with Crippen molar-refractivity contribution in [1.29, 1.82) is 0 Å². The molecule has 2 saturated carbocycles. The average Bonchev–Trinajstić information content (AvgIpc) is 3.60. The second kappa shape index (κ2) is 8.19. The predicted molar refractivity (Wildman–Crippen MR) is 129 cm³/mol. The molecule has 0 radical (unpaired) electrons. The molecule has 2 bridgehead atoms. The highest BCUT2D eigenvalue weighted by Crippen LogP contribution is 2.56. The van der Waals surface area contributed by atoms with Crippen molar-refractivity contribution >= 4 is 46.7 Å². The molecule has 6 rings (SSSR count). The number of ether oxygens (including phenoxy) is 1. The Kier molecular flexibility index (Phi) is 5.22. The van der Waals surface area contributed by atoms with Gasteiger partial charge in [0.15, 0.2) is 0 Å². The highest BCUT2D eigenvalue weighted by atomic mass is 35.5. The van der Waals surface area contributed by atoms with E-state index in [2.05, 4.69) is 0 Å². The maximum absolute atomic E-state index is 13.0. The van der Waals surface area contributed by atoms with Crippen molar-refractivity contribution in [1.82, 2.24) is 0 Å². The van der Waals surface area contributed by atoms with Gasteiger partial charge < -0.3 is 9.64 Å². The van der Waals surface area contributed by atoms with Gasteiger partial charge in [0.1, 0.15) is 5.75 Å². The average molecular weight is 493 g/mol. The van der Waals surface area contributed by atoms with E-state index in [1.807, 2.05) is 19.1 Å². The zero-order chi connectivity index (χ0) is 24.4. The number of benzene rings is 2. The molecule has 3 amide bonds. The third-order valence-electron chi connectivity index (χ3n) is 8.17. The van der Waals surface area contributed by atoms with Crippen LogP contribution in [0, 0.1) is 36.5 Å². The van der Waals surface area contributed by atoms with Crippen LogP contribution in [-0.2, 0) is 19.2 Å². The molecular formula is C27H25ClN2O5. The number of imide groups is 1. The Morgan fingerprint density at radius 3 is 2.20 bits per heavy atom. The number of nitrogens with zero attached hydrogens (tertiary/aromatic N) is 2. The van der Waals surface area contributed by atoms with Crippen molar-refractivity contribution in [3.63, 3.8) is 0 Å². The van der Waals surface area contributed by atoms with Gasteiger partial charge in [-0.2, -0.15) is 0 Å². The summed E-state index contributed by atoms with van der Waals surface area (Å²) in [5.41, 5.74) is 2.07. The van der Waals surface area contributed by atoms with Crippen LogP contribution in [-0.4, -0.2) is 30.2 Å². The summed E-state index contributed by atoms with van der Waals surface area (Å²) in [6, 6.07) is 11.8. The smallest absolute Gasteiger partial charge is 0.316 e. The van der Waals surface area contributed by atoms with Gasteiger partial charge in [0.25, 0.3) is 0 Å².